The summed E-state index contributed by atoms with van der Waals surface area (Å²) in [4.78, 5) is 6.97. The molecule has 0 radical (unpaired) electrons. The number of pyridine rings is 1. The van der Waals surface area contributed by atoms with E-state index in [2.05, 4.69) is 22.0 Å². The van der Waals surface area contributed by atoms with Gasteiger partial charge in [-0.3, -0.25) is 4.90 Å². The first-order valence-corrected chi connectivity index (χ1v) is 12.8. The Morgan fingerprint density at radius 3 is 2.73 bits per heavy atom. The standard InChI is InChI=1S/C29H29ClFN3O3/c1-29(24-9-7-21(30)16-25(24)31)36-27-5-3-4-23(28(27)37-29)19-10-13-34(14-11-19)18-26-20(12-15-35-2)6-8-22(17-32)33-26/h3-9,16,19H,10-15,18H2,1-2H3. The van der Waals surface area contributed by atoms with Crippen LogP contribution < -0.4 is 9.47 Å². The monoisotopic (exact) mass is 521 g/mol. The molecule has 1 aromatic heterocycles. The highest BCUT2D eigenvalue weighted by Crippen LogP contribution is 2.49. The summed E-state index contributed by atoms with van der Waals surface area (Å²) in [6, 6.07) is 16.3. The van der Waals surface area contributed by atoms with Crippen molar-refractivity contribution in [2.75, 3.05) is 26.8 Å². The van der Waals surface area contributed by atoms with Crippen molar-refractivity contribution in [1.82, 2.24) is 9.88 Å². The van der Waals surface area contributed by atoms with E-state index in [4.69, 9.17) is 25.8 Å². The average molecular weight is 522 g/mol. The second-order valence-corrected chi connectivity index (χ2v) is 10.1. The SMILES string of the molecule is COCCc1ccc(C#N)nc1CN1CCC(c2cccc3c2OC(C)(c2ccc(Cl)cc2F)O3)CC1. The molecule has 0 spiro atoms. The number of hydrogen-bond donors (Lipinski definition) is 0. The molecule has 2 aliphatic heterocycles. The zero-order valence-corrected chi connectivity index (χ0v) is 21.7. The first kappa shape index (κ1) is 25.5. The lowest BCUT2D eigenvalue weighted by Crippen LogP contribution is -2.34. The molecule has 2 aromatic carbocycles. The molecule has 0 saturated carbocycles. The molecule has 8 heteroatoms. The van der Waals surface area contributed by atoms with E-state index in [1.54, 1.807) is 32.2 Å². The maximum absolute atomic E-state index is 14.7. The molecule has 1 fully saturated rings. The van der Waals surface area contributed by atoms with Gasteiger partial charge in [0.15, 0.2) is 11.5 Å². The third kappa shape index (κ3) is 5.28. The molecule has 1 saturated heterocycles. The first-order chi connectivity index (χ1) is 17.9. The molecule has 5 rings (SSSR count). The summed E-state index contributed by atoms with van der Waals surface area (Å²) >= 11 is 5.94. The van der Waals surface area contributed by atoms with Crippen LogP contribution in [0.3, 0.4) is 0 Å². The summed E-state index contributed by atoms with van der Waals surface area (Å²) in [6.07, 6.45) is 2.65. The van der Waals surface area contributed by atoms with Gasteiger partial charge in [0.25, 0.3) is 5.79 Å². The number of fused-ring (bicyclic) bond motifs is 1. The summed E-state index contributed by atoms with van der Waals surface area (Å²) in [5, 5.41) is 9.64. The summed E-state index contributed by atoms with van der Waals surface area (Å²) in [7, 11) is 1.69. The Morgan fingerprint density at radius 2 is 2.00 bits per heavy atom. The molecule has 0 amide bonds. The third-order valence-electron chi connectivity index (χ3n) is 7.19. The maximum Gasteiger partial charge on any atom is 0.278 e. The van der Waals surface area contributed by atoms with E-state index in [-0.39, 0.29) is 0 Å². The smallest absolute Gasteiger partial charge is 0.278 e. The minimum atomic E-state index is -1.26. The van der Waals surface area contributed by atoms with E-state index >= 15 is 0 Å². The molecule has 1 atom stereocenters. The van der Waals surface area contributed by atoms with Crippen LogP contribution in [0.5, 0.6) is 11.5 Å². The van der Waals surface area contributed by atoms with Crippen molar-refractivity contribution >= 4 is 11.6 Å². The Hall–Kier alpha value is -3.18. The van der Waals surface area contributed by atoms with Crippen molar-refractivity contribution < 1.29 is 18.6 Å². The van der Waals surface area contributed by atoms with Gasteiger partial charge < -0.3 is 14.2 Å². The Bertz CT molecular complexity index is 1340. The minimum Gasteiger partial charge on any atom is -0.444 e. The van der Waals surface area contributed by atoms with E-state index in [0.29, 0.717) is 46.8 Å². The van der Waals surface area contributed by atoms with E-state index in [1.165, 1.54) is 6.07 Å². The second-order valence-electron chi connectivity index (χ2n) is 9.66. The summed E-state index contributed by atoms with van der Waals surface area (Å²) in [5.41, 5.74) is 3.88. The number of halogens is 2. The molecular weight excluding hydrogens is 493 g/mol. The number of methoxy groups -OCH3 is 1. The predicted octanol–water partition coefficient (Wildman–Crippen LogP) is 5.96. The van der Waals surface area contributed by atoms with Crippen LogP contribution in [0, 0.1) is 17.1 Å². The minimum absolute atomic E-state index is 0.290. The first-order valence-electron chi connectivity index (χ1n) is 12.5. The lowest BCUT2D eigenvalue weighted by molar-refractivity contribution is -0.0712. The Labute approximate surface area is 221 Å². The van der Waals surface area contributed by atoms with Gasteiger partial charge in [-0.05, 0) is 74.2 Å². The highest BCUT2D eigenvalue weighted by atomic mass is 35.5. The van der Waals surface area contributed by atoms with Crippen LogP contribution in [0.4, 0.5) is 4.39 Å². The lowest BCUT2D eigenvalue weighted by atomic mass is 9.88. The second kappa shape index (κ2) is 10.7. The summed E-state index contributed by atoms with van der Waals surface area (Å²) < 4.78 is 32.4. The molecule has 3 heterocycles. The zero-order valence-electron chi connectivity index (χ0n) is 21.0. The number of aromatic nitrogens is 1. The molecule has 0 bridgehead atoms. The van der Waals surface area contributed by atoms with Crippen molar-refractivity contribution in [3.63, 3.8) is 0 Å². The molecule has 37 heavy (non-hydrogen) atoms. The van der Waals surface area contributed by atoms with Crippen molar-refractivity contribution in [3.05, 3.63) is 87.4 Å². The number of hydrogen-bond acceptors (Lipinski definition) is 6. The molecule has 0 aliphatic carbocycles. The van der Waals surface area contributed by atoms with E-state index in [0.717, 1.165) is 49.2 Å². The molecule has 1 unspecified atom stereocenters. The van der Waals surface area contributed by atoms with Crippen LogP contribution in [0.25, 0.3) is 0 Å². The van der Waals surface area contributed by atoms with Crippen molar-refractivity contribution in [2.24, 2.45) is 0 Å². The molecular formula is C29H29ClFN3O3. The van der Waals surface area contributed by atoms with Gasteiger partial charge in [-0.2, -0.15) is 5.26 Å². The topological polar surface area (TPSA) is 67.6 Å². The lowest BCUT2D eigenvalue weighted by Gasteiger charge is -2.33. The van der Waals surface area contributed by atoms with Crippen LogP contribution in [0.15, 0.2) is 48.5 Å². The number of ether oxygens (including phenoxy) is 3. The maximum atomic E-state index is 14.7. The van der Waals surface area contributed by atoms with Crippen LogP contribution in [0.1, 0.15) is 53.8 Å². The van der Waals surface area contributed by atoms with Crippen LogP contribution in [-0.4, -0.2) is 36.7 Å². The largest absolute Gasteiger partial charge is 0.444 e. The van der Waals surface area contributed by atoms with E-state index < -0.39 is 11.6 Å². The quantitative estimate of drug-likeness (QED) is 0.382. The summed E-state index contributed by atoms with van der Waals surface area (Å²) in [6.45, 7) is 4.82. The number of nitriles is 1. The van der Waals surface area contributed by atoms with Gasteiger partial charge in [0, 0.05) is 31.2 Å². The number of nitrogens with zero attached hydrogens (tertiary/aromatic N) is 3. The highest BCUT2D eigenvalue weighted by Gasteiger charge is 2.42. The highest BCUT2D eigenvalue weighted by molar-refractivity contribution is 6.30. The predicted molar refractivity (Wildman–Crippen MR) is 138 cm³/mol. The van der Waals surface area contributed by atoms with Gasteiger partial charge in [-0.15, -0.1) is 0 Å². The summed E-state index contributed by atoms with van der Waals surface area (Å²) in [5.74, 6) is -0.126. The van der Waals surface area contributed by atoms with Gasteiger partial charge in [-0.1, -0.05) is 29.8 Å². The fourth-order valence-corrected chi connectivity index (χ4v) is 5.38. The molecule has 0 N–H and O–H groups in total. The van der Waals surface area contributed by atoms with Crippen LogP contribution in [-0.2, 0) is 23.5 Å². The molecule has 3 aromatic rings. The normalized spacial score (nSPS) is 19.6. The van der Waals surface area contributed by atoms with Crippen molar-refractivity contribution in [3.8, 4) is 17.6 Å². The third-order valence-corrected chi connectivity index (χ3v) is 7.43. The van der Waals surface area contributed by atoms with E-state index in [1.807, 2.05) is 18.2 Å². The van der Waals surface area contributed by atoms with Crippen LogP contribution in [0.2, 0.25) is 5.02 Å². The van der Waals surface area contributed by atoms with Gasteiger partial charge in [0.1, 0.15) is 17.6 Å². The van der Waals surface area contributed by atoms with Gasteiger partial charge in [0.05, 0.1) is 17.9 Å². The Balaban J connectivity index is 1.29. The molecule has 2 aliphatic rings. The van der Waals surface area contributed by atoms with Gasteiger partial charge in [0.2, 0.25) is 0 Å². The Morgan fingerprint density at radius 1 is 1.19 bits per heavy atom. The molecule has 6 nitrogen and oxygen atoms in total. The zero-order chi connectivity index (χ0) is 26.0. The van der Waals surface area contributed by atoms with Gasteiger partial charge in [-0.25, -0.2) is 9.37 Å². The average Bonchev–Trinajstić information content (AvgIpc) is 3.25. The van der Waals surface area contributed by atoms with Crippen molar-refractivity contribution in [1.29, 1.82) is 5.26 Å². The number of rotatable bonds is 7. The van der Waals surface area contributed by atoms with E-state index in [9.17, 15) is 9.65 Å². The van der Waals surface area contributed by atoms with Crippen LogP contribution >= 0.6 is 11.6 Å². The van der Waals surface area contributed by atoms with Crippen molar-refractivity contribution in [2.45, 2.75) is 44.4 Å². The number of benzene rings is 2. The fraction of sp³-hybridized carbons (Fsp3) is 0.379. The number of piperidine rings is 1. The fourth-order valence-electron chi connectivity index (χ4n) is 5.22. The Kier molecular flexibility index (Phi) is 7.34. The van der Waals surface area contributed by atoms with Gasteiger partial charge >= 0.3 is 0 Å². The number of likely N-dealkylation sites (tertiary alicyclic amines) is 1. The number of para-hydroxylation sites is 1. The molecule has 192 valence electrons.